The standard InChI is InChI=1S/C15H13BrN2O2/c1-10(12-3-2-4-13(16)9-12)17-18-14-7-5-11(6-8-14)15(19)20/h2-9,18H,1H3,(H,19,20). The zero-order valence-electron chi connectivity index (χ0n) is 10.8. The minimum absolute atomic E-state index is 0.253. The van der Waals surface area contributed by atoms with E-state index in [1.165, 1.54) is 12.1 Å². The molecule has 0 amide bonds. The molecule has 0 heterocycles. The molecule has 0 fully saturated rings. The second-order valence-corrected chi connectivity index (χ2v) is 5.12. The maximum Gasteiger partial charge on any atom is 0.335 e. The number of anilines is 1. The molecule has 0 atom stereocenters. The molecule has 20 heavy (non-hydrogen) atoms. The van der Waals surface area contributed by atoms with E-state index in [0.717, 1.165) is 21.4 Å². The molecular formula is C15H13BrN2O2. The number of nitrogens with zero attached hydrogens (tertiary/aromatic N) is 1. The van der Waals surface area contributed by atoms with Gasteiger partial charge >= 0.3 is 5.97 Å². The van der Waals surface area contributed by atoms with Crippen LogP contribution >= 0.6 is 15.9 Å². The molecule has 4 nitrogen and oxygen atoms in total. The third-order valence-electron chi connectivity index (χ3n) is 2.73. The maximum atomic E-state index is 10.7. The van der Waals surface area contributed by atoms with E-state index in [1.54, 1.807) is 12.1 Å². The summed E-state index contributed by atoms with van der Waals surface area (Å²) in [4.78, 5) is 10.7. The fraction of sp³-hybridized carbons (Fsp3) is 0.0667. The molecule has 0 unspecified atom stereocenters. The van der Waals surface area contributed by atoms with Gasteiger partial charge in [-0.3, -0.25) is 5.43 Å². The van der Waals surface area contributed by atoms with Crippen LogP contribution in [-0.4, -0.2) is 16.8 Å². The van der Waals surface area contributed by atoms with Crippen molar-refractivity contribution in [2.45, 2.75) is 6.92 Å². The summed E-state index contributed by atoms with van der Waals surface area (Å²) < 4.78 is 0.996. The van der Waals surface area contributed by atoms with Gasteiger partial charge in [-0.25, -0.2) is 4.79 Å². The Balaban J connectivity index is 2.10. The molecule has 2 rings (SSSR count). The van der Waals surface area contributed by atoms with Gasteiger partial charge in [-0.05, 0) is 48.9 Å². The highest BCUT2D eigenvalue weighted by Crippen LogP contribution is 2.13. The van der Waals surface area contributed by atoms with Crippen molar-refractivity contribution < 1.29 is 9.90 Å². The van der Waals surface area contributed by atoms with Gasteiger partial charge < -0.3 is 5.11 Å². The van der Waals surface area contributed by atoms with Crippen molar-refractivity contribution in [3.8, 4) is 0 Å². The Morgan fingerprint density at radius 1 is 1.15 bits per heavy atom. The number of hydrogen-bond acceptors (Lipinski definition) is 3. The molecule has 0 aromatic heterocycles. The summed E-state index contributed by atoms with van der Waals surface area (Å²) in [6.45, 7) is 1.90. The van der Waals surface area contributed by atoms with E-state index in [0.29, 0.717) is 0 Å². The van der Waals surface area contributed by atoms with E-state index in [4.69, 9.17) is 5.11 Å². The van der Waals surface area contributed by atoms with Gasteiger partial charge in [-0.15, -0.1) is 0 Å². The fourth-order valence-electron chi connectivity index (χ4n) is 1.61. The smallest absolute Gasteiger partial charge is 0.335 e. The Hall–Kier alpha value is -2.14. The number of aromatic carboxylic acids is 1. The zero-order chi connectivity index (χ0) is 14.5. The van der Waals surface area contributed by atoms with Gasteiger partial charge in [0.1, 0.15) is 0 Å². The van der Waals surface area contributed by atoms with E-state index in [2.05, 4.69) is 26.5 Å². The van der Waals surface area contributed by atoms with Gasteiger partial charge in [0.2, 0.25) is 0 Å². The molecule has 0 aliphatic heterocycles. The number of halogens is 1. The molecule has 2 aromatic carbocycles. The first-order valence-corrected chi connectivity index (χ1v) is 6.75. The maximum absolute atomic E-state index is 10.7. The van der Waals surface area contributed by atoms with Crippen LogP contribution in [0.5, 0.6) is 0 Å². The molecule has 0 aliphatic carbocycles. The molecule has 0 bridgehead atoms. The van der Waals surface area contributed by atoms with Crippen molar-refractivity contribution in [1.29, 1.82) is 0 Å². The number of carboxylic acids is 1. The first-order valence-electron chi connectivity index (χ1n) is 5.96. The molecule has 0 spiro atoms. The van der Waals surface area contributed by atoms with E-state index in [9.17, 15) is 4.79 Å². The van der Waals surface area contributed by atoms with Crippen molar-refractivity contribution >= 4 is 33.3 Å². The molecule has 2 N–H and O–H groups in total. The van der Waals surface area contributed by atoms with Crippen LogP contribution in [0.4, 0.5) is 5.69 Å². The highest BCUT2D eigenvalue weighted by atomic mass is 79.9. The highest BCUT2D eigenvalue weighted by Gasteiger charge is 2.01. The summed E-state index contributed by atoms with van der Waals surface area (Å²) in [5.41, 5.74) is 5.75. The minimum Gasteiger partial charge on any atom is -0.478 e. The van der Waals surface area contributed by atoms with Gasteiger partial charge in [0, 0.05) is 4.47 Å². The van der Waals surface area contributed by atoms with Gasteiger partial charge in [-0.2, -0.15) is 5.10 Å². The Kier molecular flexibility index (Phi) is 4.53. The average Bonchev–Trinajstić information content (AvgIpc) is 2.45. The topological polar surface area (TPSA) is 61.7 Å². The largest absolute Gasteiger partial charge is 0.478 e. The van der Waals surface area contributed by atoms with Gasteiger partial charge in [0.05, 0.1) is 17.0 Å². The van der Waals surface area contributed by atoms with E-state index >= 15 is 0 Å². The van der Waals surface area contributed by atoms with Crippen molar-refractivity contribution in [2.75, 3.05) is 5.43 Å². The second kappa shape index (κ2) is 6.34. The highest BCUT2D eigenvalue weighted by molar-refractivity contribution is 9.10. The summed E-state index contributed by atoms with van der Waals surface area (Å²) in [7, 11) is 0. The van der Waals surface area contributed by atoms with Crippen molar-refractivity contribution in [2.24, 2.45) is 5.10 Å². The Labute approximate surface area is 125 Å². The van der Waals surface area contributed by atoms with Crippen LogP contribution < -0.4 is 5.43 Å². The molecule has 0 saturated heterocycles. The molecule has 0 radical (unpaired) electrons. The molecule has 0 aliphatic rings. The predicted octanol–water partition coefficient (Wildman–Crippen LogP) is 3.98. The summed E-state index contributed by atoms with van der Waals surface area (Å²) in [6.07, 6.45) is 0. The van der Waals surface area contributed by atoms with Crippen molar-refractivity contribution in [3.63, 3.8) is 0 Å². The van der Waals surface area contributed by atoms with Crippen LogP contribution in [0, 0.1) is 0 Å². The lowest BCUT2D eigenvalue weighted by Crippen LogP contribution is -2.00. The quantitative estimate of drug-likeness (QED) is 0.657. The SMILES string of the molecule is CC(=NNc1ccc(C(=O)O)cc1)c1cccc(Br)c1. The van der Waals surface area contributed by atoms with Crippen LogP contribution in [0.15, 0.2) is 58.1 Å². The van der Waals surface area contributed by atoms with Gasteiger partial charge in [-0.1, -0.05) is 28.1 Å². The van der Waals surface area contributed by atoms with Crippen LogP contribution in [-0.2, 0) is 0 Å². The first kappa shape index (κ1) is 14.3. The molecule has 2 aromatic rings. The second-order valence-electron chi connectivity index (χ2n) is 4.20. The number of nitrogens with one attached hydrogen (secondary N) is 1. The normalized spacial score (nSPS) is 11.2. The molecular weight excluding hydrogens is 320 g/mol. The number of carbonyl (C=O) groups is 1. The van der Waals surface area contributed by atoms with Crippen LogP contribution in [0.3, 0.4) is 0 Å². The summed E-state index contributed by atoms with van der Waals surface area (Å²) in [6, 6.07) is 14.3. The number of hydrogen-bond donors (Lipinski definition) is 2. The van der Waals surface area contributed by atoms with Crippen molar-refractivity contribution in [1.82, 2.24) is 0 Å². The molecule has 102 valence electrons. The van der Waals surface area contributed by atoms with Crippen LogP contribution in [0.2, 0.25) is 0 Å². The Bertz CT molecular complexity index is 651. The fourth-order valence-corrected chi connectivity index (χ4v) is 2.01. The van der Waals surface area contributed by atoms with E-state index in [-0.39, 0.29) is 5.56 Å². The molecule has 0 saturated carbocycles. The Morgan fingerprint density at radius 3 is 2.45 bits per heavy atom. The Morgan fingerprint density at radius 2 is 1.85 bits per heavy atom. The van der Waals surface area contributed by atoms with Crippen LogP contribution in [0.1, 0.15) is 22.8 Å². The third-order valence-corrected chi connectivity index (χ3v) is 3.22. The van der Waals surface area contributed by atoms with Crippen molar-refractivity contribution in [3.05, 3.63) is 64.1 Å². The zero-order valence-corrected chi connectivity index (χ0v) is 12.4. The first-order chi connectivity index (χ1) is 9.56. The summed E-state index contributed by atoms with van der Waals surface area (Å²) in [5, 5.41) is 13.1. The summed E-state index contributed by atoms with van der Waals surface area (Å²) in [5.74, 6) is -0.939. The lowest BCUT2D eigenvalue weighted by atomic mass is 10.1. The number of hydrazone groups is 1. The molecule has 5 heteroatoms. The number of benzene rings is 2. The van der Waals surface area contributed by atoms with E-state index < -0.39 is 5.97 Å². The van der Waals surface area contributed by atoms with Gasteiger partial charge in [0.15, 0.2) is 0 Å². The average molecular weight is 333 g/mol. The van der Waals surface area contributed by atoms with Gasteiger partial charge in [0.25, 0.3) is 0 Å². The lowest BCUT2D eigenvalue weighted by Gasteiger charge is -2.04. The number of rotatable bonds is 4. The monoisotopic (exact) mass is 332 g/mol. The van der Waals surface area contributed by atoms with E-state index in [1.807, 2.05) is 31.2 Å². The predicted molar refractivity (Wildman–Crippen MR) is 83.4 cm³/mol. The number of carboxylic acid groups (broad SMARTS) is 1. The summed E-state index contributed by atoms with van der Waals surface area (Å²) >= 11 is 3.42. The lowest BCUT2D eigenvalue weighted by molar-refractivity contribution is 0.0697. The third kappa shape index (κ3) is 3.68. The minimum atomic E-state index is -0.939. The van der Waals surface area contributed by atoms with Crippen LogP contribution in [0.25, 0.3) is 0 Å².